The van der Waals surface area contributed by atoms with E-state index in [-0.39, 0.29) is 17.4 Å². The molecule has 6 heteroatoms. The van der Waals surface area contributed by atoms with Crippen LogP contribution in [0.2, 0.25) is 5.02 Å². The molecule has 0 atom stereocenters. The van der Waals surface area contributed by atoms with Gasteiger partial charge in [0.05, 0.1) is 16.9 Å². The van der Waals surface area contributed by atoms with Crippen LogP contribution < -0.4 is 4.90 Å². The third kappa shape index (κ3) is 2.90. The Hall–Kier alpha value is -1.26. The molecule has 0 saturated carbocycles. The largest absolute Gasteiger partial charge is 0.342 e. The van der Waals surface area contributed by atoms with E-state index in [0.29, 0.717) is 0 Å². The summed E-state index contributed by atoms with van der Waals surface area (Å²) < 4.78 is 15.0. The minimum atomic E-state index is -0.421. The predicted molar refractivity (Wildman–Crippen MR) is 69.9 cm³/mol. The summed E-state index contributed by atoms with van der Waals surface area (Å²) in [5.41, 5.74) is 1.62. The molecule has 92 valence electrons. The van der Waals surface area contributed by atoms with Crippen LogP contribution in [0, 0.1) is 5.82 Å². The van der Waals surface area contributed by atoms with Crippen molar-refractivity contribution in [2.45, 2.75) is 0 Å². The number of rotatable bonds is 2. The van der Waals surface area contributed by atoms with Crippen molar-refractivity contribution in [2.24, 2.45) is 7.05 Å². The second-order valence-electron chi connectivity index (χ2n) is 3.53. The van der Waals surface area contributed by atoms with Gasteiger partial charge in [0, 0.05) is 26.0 Å². The van der Waals surface area contributed by atoms with Crippen LogP contribution in [0.25, 0.3) is 0 Å². The number of anilines is 2. The molecular weight excluding hydrogens is 264 g/mol. The van der Waals surface area contributed by atoms with Gasteiger partial charge in [0.2, 0.25) is 0 Å². The zero-order chi connectivity index (χ0) is 11.7. The molecule has 1 aromatic heterocycles. The molecule has 0 bridgehead atoms. The van der Waals surface area contributed by atoms with Crippen molar-refractivity contribution < 1.29 is 4.39 Å². The van der Waals surface area contributed by atoms with Gasteiger partial charge in [-0.15, -0.1) is 12.4 Å². The second kappa shape index (κ2) is 5.38. The summed E-state index contributed by atoms with van der Waals surface area (Å²) >= 11 is 5.63. The molecule has 0 spiro atoms. The molecule has 0 amide bonds. The van der Waals surface area contributed by atoms with Gasteiger partial charge < -0.3 is 4.90 Å². The van der Waals surface area contributed by atoms with Gasteiger partial charge in [0.1, 0.15) is 5.82 Å². The SMILES string of the molecule is CN(c1ccc(Cl)c(F)c1)c1cnn(C)c1.Cl. The number of halogens is 3. The maximum absolute atomic E-state index is 13.3. The lowest BCUT2D eigenvalue weighted by molar-refractivity contribution is 0.628. The van der Waals surface area contributed by atoms with Crippen molar-refractivity contribution in [1.29, 1.82) is 0 Å². The lowest BCUT2D eigenvalue weighted by Crippen LogP contribution is -2.08. The summed E-state index contributed by atoms with van der Waals surface area (Å²) in [4.78, 5) is 1.84. The summed E-state index contributed by atoms with van der Waals surface area (Å²) in [6.07, 6.45) is 3.57. The lowest BCUT2D eigenvalue weighted by atomic mass is 10.3. The number of aryl methyl sites for hydroxylation is 1. The first-order valence-corrected chi connectivity index (χ1v) is 5.13. The minimum absolute atomic E-state index is 0. The molecular formula is C11H12Cl2FN3. The fourth-order valence-electron chi connectivity index (χ4n) is 1.42. The lowest BCUT2D eigenvalue weighted by Gasteiger charge is -2.17. The van der Waals surface area contributed by atoms with E-state index in [0.717, 1.165) is 11.4 Å². The fraction of sp³-hybridized carbons (Fsp3) is 0.182. The standard InChI is InChI=1S/C11H11ClFN3.ClH/c1-15-7-9(6-14-15)16(2)8-3-4-10(12)11(13)5-8;/h3-7H,1-2H3;1H. The van der Waals surface area contributed by atoms with Crippen LogP contribution in [0.3, 0.4) is 0 Å². The van der Waals surface area contributed by atoms with Crippen molar-refractivity contribution in [1.82, 2.24) is 9.78 Å². The fourth-order valence-corrected chi connectivity index (χ4v) is 1.54. The van der Waals surface area contributed by atoms with Crippen LogP contribution >= 0.6 is 24.0 Å². The van der Waals surface area contributed by atoms with Gasteiger partial charge in [0.15, 0.2) is 0 Å². The van der Waals surface area contributed by atoms with E-state index in [2.05, 4.69) is 5.10 Å². The van der Waals surface area contributed by atoms with Crippen molar-refractivity contribution >= 4 is 35.4 Å². The second-order valence-corrected chi connectivity index (χ2v) is 3.94. The summed E-state index contributed by atoms with van der Waals surface area (Å²) in [5.74, 6) is -0.421. The Morgan fingerprint density at radius 3 is 2.59 bits per heavy atom. The van der Waals surface area contributed by atoms with Crippen LogP contribution in [-0.2, 0) is 7.05 Å². The molecule has 0 saturated heterocycles. The van der Waals surface area contributed by atoms with Gasteiger partial charge in [-0.2, -0.15) is 5.10 Å². The Morgan fingerprint density at radius 2 is 2.06 bits per heavy atom. The monoisotopic (exact) mass is 275 g/mol. The van der Waals surface area contributed by atoms with E-state index in [9.17, 15) is 4.39 Å². The number of aromatic nitrogens is 2. The molecule has 2 aromatic rings. The molecule has 0 unspecified atom stereocenters. The van der Waals surface area contributed by atoms with E-state index in [1.165, 1.54) is 6.07 Å². The van der Waals surface area contributed by atoms with Crippen LogP contribution in [0.5, 0.6) is 0 Å². The van der Waals surface area contributed by atoms with Crippen molar-refractivity contribution in [3.8, 4) is 0 Å². The first-order chi connectivity index (χ1) is 7.58. The smallest absolute Gasteiger partial charge is 0.143 e. The quantitative estimate of drug-likeness (QED) is 0.838. The highest BCUT2D eigenvalue weighted by Crippen LogP contribution is 2.26. The Balaban J connectivity index is 0.00000144. The van der Waals surface area contributed by atoms with Gasteiger partial charge in [-0.05, 0) is 18.2 Å². The molecule has 1 aromatic carbocycles. The first kappa shape index (κ1) is 13.8. The molecule has 0 aliphatic rings. The Morgan fingerprint density at radius 1 is 1.35 bits per heavy atom. The van der Waals surface area contributed by atoms with Crippen LogP contribution in [0.15, 0.2) is 30.6 Å². The van der Waals surface area contributed by atoms with E-state index >= 15 is 0 Å². The molecule has 0 aliphatic carbocycles. The average Bonchev–Trinajstić information content (AvgIpc) is 2.68. The van der Waals surface area contributed by atoms with Gasteiger partial charge in [-0.3, -0.25) is 4.68 Å². The van der Waals surface area contributed by atoms with Crippen molar-refractivity contribution in [2.75, 3.05) is 11.9 Å². The molecule has 2 rings (SSSR count). The zero-order valence-electron chi connectivity index (χ0n) is 9.39. The Bertz CT molecular complexity index is 513. The van der Waals surface area contributed by atoms with E-state index < -0.39 is 5.82 Å². The van der Waals surface area contributed by atoms with Crippen LogP contribution in [0.4, 0.5) is 15.8 Å². The normalized spacial score (nSPS) is 9.88. The summed E-state index contributed by atoms with van der Waals surface area (Å²) in [7, 11) is 3.68. The van der Waals surface area contributed by atoms with E-state index in [1.807, 2.05) is 25.2 Å². The van der Waals surface area contributed by atoms with Gasteiger partial charge in [-0.25, -0.2) is 4.39 Å². The first-order valence-electron chi connectivity index (χ1n) is 4.75. The molecule has 0 N–H and O–H groups in total. The van der Waals surface area contributed by atoms with Gasteiger partial charge >= 0.3 is 0 Å². The third-order valence-electron chi connectivity index (χ3n) is 2.37. The van der Waals surface area contributed by atoms with E-state index in [4.69, 9.17) is 11.6 Å². The maximum Gasteiger partial charge on any atom is 0.143 e. The third-order valence-corrected chi connectivity index (χ3v) is 2.68. The molecule has 0 radical (unpaired) electrons. The molecule has 3 nitrogen and oxygen atoms in total. The van der Waals surface area contributed by atoms with Crippen molar-refractivity contribution in [3.05, 3.63) is 41.4 Å². The number of hydrogen-bond acceptors (Lipinski definition) is 2. The molecule has 17 heavy (non-hydrogen) atoms. The van der Waals surface area contributed by atoms with Gasteiger partial charge in [0.25, 0.3) is 0 Å². The Kier molecular flexibility index (Phi) is 4.37. The summed E-state index contributed by atoms with van der Waals surface area (Å²) in [5, 5.41) is 4.19. The highest BCUT2D eigenvalue weighted by molar-refractivity contribution is 6.30. The van der Waals surface area contributed by atoms with Crippen molar-refractivity contribution in [3.63, 3.8) is 0 Å². The number of hydrogen-bond donors (Lipinski definition) is 0. The summed E-state index contributed by atoms with van der Waals surface area (Å²) in [6.45, 7) is 0. The predicted octanol–water partition coefficient (Wildman–Crippen LogP) is 3.40. The molecule has 0 fully saturated rings. The molecule has 0 aliphatic heterocycles. The van der Waals surface area contributed by atoms with Gasteiger partial charge in [-0.1, -0.05) is 11.6 Å². The maximum atomic E-state index is 13.3. The summed E-state index contributed by atoms with van der Waals surface area (Å²) in [6, 6.07) is 4.70. The number of nitrogens with zero attached hydrogens (tertiary/aromatic N) is 3. The number of benzene rings is 1. The highest BCUT2D eigenvalue weighted by atomic mass is 35.5. The van der Waals surface area contributed by atoms with Crippen LogP contribution in [0.1, 0.15) is 0 Å². The van der Waals surface area contributed by atoms with Crippen LogP contribution in [-0.4, -0.2) is 16.8 Å². The molecule has 1 heterocycles. The Labute approximate surface area is 110 Å². The highest BCUT2D eigenvalue weighted by Gasteiger charge is 2.08. The average molecular weight is 276 g/mol. The minimum Gasteiger partial charge on any atom is -0.342 e. The van der Waals surface area contributed by atoms with E-state index in [1.54, 1.807) is 23.0 Å². The zero-order valence-corrected chi connectivity index (χ0v) is 11.0. The topological polar surface area (TPSA) is 21.1 Å².